The predicted molar refractivity (Wildman–Crippen MR) is 154 cm³/mol. The Bertz CT molecular complexity index is 1470. The average molecular weight is 541 g/mol. The van der Waals surface area contributed by atoms with Gasteiger partial charge in [-0.25, -0.2) is 9.59 Å². The summed E-state index contributed by atoms with van der Waals surface area (Å²) in [5.74, 6) is 1.03. The van der Waals surface area contributed by atoms with Crippen LogP contribution in [0.25, 0.3) is 10.8 Å². The number of carbonyl (C=O) groups excluding carboxylic acids is 3. The third kappa shape index (κ3) is 8.84. The molecular weight excluding hydrogens is 508 g/mol. The van der Waals surface area contributed by atoms with Crippen LogP contribution in [-0.2, 0) is 9.53 Å². The van der Waals surface area contributed by atoms with Gasteiger partial charge in [0.05, 0.1) is 25.9 Å². The highest BCUT2D eigenvalue weighted by Gasteiger charge is 2.10. The summed E-state index contributed by atoms with van der Waals surface area (Å²) >= 11 is 0. The molecule has 0 aliphatic heterocycles. The van der Waals surface area contributed by atoms with Crippen LogP contribution in [0.4, 0.5) is 0 Å². The maximum absolute atomic E-state index is 12.4. The molecule has 4 aromatic rings. The standard InChI is InChI=1S/C24H20O6.C9H12O/c1-2-23(26)29-13-3-12-28-21-9-6-18(7-10-21)24(27)30-22-11-8-19-14-17(16-25)4-5-20(19)15-22;1-7-4-5-9(10-3)8(2)6-7/h2,4-11,14-16H,1,3,12-13H2;4-6H,1-3H3. The Balaban J connectivity index is 0.000000371. The molecule has 40 heavy (non-hydrogen) atoms. The topological polar surface area (TPSA) is 88.1 Å². The average Bonchev–Trinajstić information content (AvgIpc) is 2.97. The van der Waals surface area contributed by atoms with Crippen molar-refractivity contribution in [1.82, 2.24) is 0 Å². The number of hydrogen-bond donors (Lipinski definition) is 0. The fourth-order valence-electron chi connectivity index (χ4n) is 3.74. The largest absolute Gasteiger partial charge is 0.496 e. The highest BCUT2D eigenvalue weighted by Crippen LogP contribution is 2.23. The zero-order valence-electron chi connectivity index (χ0n) is 22.8. The maximum atomic E-state index is 12.4. The molecule has 0 aliphatic carbocycles. The lowest BCUT2D eigenvalue weighted by molar-refractivity contribution is -0.137. The van der Waals surface area contributed by atoms with Crippen molar-refractivity contribution in [2.24, 2.45) is 0 Å². The van der Waals surface area contributed by atoms with Crippen LogP contribution in [0.1, 0.15) is 38.3 Å². The van der Waals surface area contributed by atoms with Crippen molar-refractivity contribution < 1.29 is 33.3 Å². The number of methoxy groups -OCH3 is 1. The van der Waals surface area contributed by atoms with Gasteiger partial charge >= 0.3 is 11.9 Å². The summed E-state index contributed by atoms with van der Waals surface area (Å²) in [6, 6.07) is 23.3. The molecule has 4 rings (SSSR count). The molecular formula is C33H32O7. The van der Waals surface area contributed by atoms with Gasteiger partial charge < -0.3 is 18.9 Å². The second-order valence-electron chi connectivity index (χ2n) is 8.85. The van der Waals surface area contributed by atoms with Crippen LogP contribution in [0.2, 0.25) is 0 Å². The van der Waals surface area contributed by atoms with Crippen LogP contribution in [-0.4, -0.2) is 38.5 Å². The molecule has 0 atom stereocenters. The molecule has 4 aromatic carbocycles. The van der Waals surface area contributed by atoms with Gasteiger partial charge in [-0.1, -0.05) is 42.5 Å². The number of esters is 2. The van der Waals surface area contributed by atoms with E-state index in [4.69, 9.17) is 18.9 Å². The first-order valence-corrected chi connectivity index (χ1v) is 12.7. The van der Waals surface area contributed by atoms with Crippen molar-refractivity contribution in [1.29, 1.82) is 0 Å². The third-order valence-corrected chi connectivity index (χ3v) is 5.79. The molecule has 0 bridgehead atoms. The van der Waals surface area contributed by atoms with Crippen molar-refractivity contribution in [2.75, 3.05) is 20.3 Å². The fourth-order valence-corrected chi connectivity index (χ4v) is 3.74. The Hall–Kier alpha value is -4.91. The summed E-state index contributed by atoms with van der Waals surface area (Å²) in [6.07, 6.45) is 2.44. The third-order valence-electron chi connectivity index (χ3n) is 5.79. The maximum Gasteiger partial charge on any atom is 0.343 e. The number of fused-ring (bicyclic) bond motifs is 1. The molecule has 206 valence electrons. The first kappa shape index (κ1) is 29.6. The van der Waals surface area contributed by atoms with E-state index >= 15 is 0 Å². The van der Waals surface area contributed by atoms with Gasteiger partial charge in [-0.05, 0) is 78.7 Å². The molecule has 7 nitrogen and oxygen atoms in total. The van der Waals surface area contributed by atoms with Gasteiger partial charge in [0.25, 0.3) is 0 Å². The Morgan fingerprint density at radius 1 is 0.825 bits per heavy atom. The van der Waals surface area contributed by atoms with E-state index in [0.717, 1.165) is 28.9 Å². The number of benzene rings is 4. The first-order chi connectivity index (χ1) is 19.3. The highest BCUT2D eigenvalue weighted by atomic mass is 16.5. The van der Waals surface area contributed by atoms with E-state index in [1.54, 1.807) is 67.8 Å². The lowest BCUT2D eigenvalue weighted by Crippen LogP contribution is -2.09. The smallest absolute Gasteiger partial charge is 0.343 e. The van der Waals surface area contributed by atoms with Crippen molar-refractivity contribution in [3.8, 4) is 17.2 Å². The summed E-state index contributed by atoms with van der Waals surface area (Å²) in [7, 11) is 1.69. The van der Waals surface area contributed by atoms with Crippen LogP contribution in [0.3, 0.4) is 0 Å². The van der Waals surface area contributed by atoms with E-state index in [-0.39, 0.29) is 6.61 Å². The van der Waals surface area contributed by atoms with Gasteiger partial charge in [0.2, 0.25) is 0 Å². The molecule has 7 heteroatoms. The molecule has 0 N–H and O–H groups in total. The molecule has 0 radical (unpaired) electrons. The van der Waals surface area contributed by atoms with E-state index in [1.807, 2.05) is 19.1 Å². The van der Waals surface area contributed by atoms with Crippen molar-refractivity contribution in [2.45, 2.75) is 20.3 Å². The normalized spacial score (nSPS) is 10.1. The highest BCUT2D eigenvalue weighted by molar-refractivity contribution is 5.93. The van der Waals surface area contributed by atoms with Gasteiger partial charge in [0.1, 0.15) is 23.5 Å². The van der Waals surface area contributed by atoms with Crippen LogP contribution in [0.15, 0.2) is 91.5 Å². The Morgan fingerprint density at radius 3 is 2.20 bits per heavy atom. The monoisotopic (exact) mass is 540 g/mol. The molecule has 0 spiro atoms. The lowest BCUT2D eigenvalue weighted by Gasteiger charge is -2.08. The molecule has 0 saturated heterocycles. The summed E-state index contributed by atoms with van der Waals surface area (Å²) in [6.45, 7) is 8.06. The van der Waals surface area contributed by atoms with Gasteiger partial charge in [-0.15, -0.1) is 0 Å². The number of ether oxygens (including phenoxy) is 4. The summed E-state index contributed by atoms with van der Waals surface area (Å²) < 4.78 is 21.0. The van der Waals surface area contributed by atoms with Crippen molar-refractivity contribution in [3.63, 3.8) is 0 Å². The van der Waals surface area contributed by atoms with Crippen LogP contribution in [0.5, 0.6) is 17.2 Å². The molecule has 0 heterocycles. The van der Waals surface area contributed by atoms with Gasteiger partial charge in [-0.2, -0.15) is 0 Å². The van der Waals surface area contributed by atoms with E-state index in [2.05, 4.69) is 19.6 Å². The number of rotatable bonds is 10. The van der Waals surface area contributed by atoms with Crippen LogP contribution >= 0.6 is 0 Å². The quantitative estimate of drug-likeness (QED) is 0.0729. The predicted octanol–water partition coefficient (Wildman–Crippen LogP) is 6.68. The minimum atomic E-state index is -0.484. The summed E-state index contributed by atoms with van der Waals surface area (Å²) in [4.78, 5) is 34.2. The minimum absolute atomic E-state index is 0.247. The second kappa shape index (κ2) is 14.9. The Kier molecular flexibility index (Phi) is 11.0. The molecule has 0 saturated carbocycles. The van der Waals surface area contributed by atoms with E-state index in [9.17, 15) is 14.4 Å². The van der Waals surface area contributed by atoms with Crippen molar-refractivity contribution in [3.05, 3.63) is 114 Å². The summed E-state index contributed by atoms with van der Waals surface area (Å²) in [5, 5.41) is 1.76. The fraction of sp³-hybridized carbons (Fsp3) is 0.182. The first-order valence-electron chi connectivity index (χ1n) is 12.7. The minimum Gasteiger partial charge on any atom is -0.496 e. The Morgan fingerprint density at radius 2 is 1.52 bits per heavy atom. The van der Waals surface area contributed by atoms with Gasteiger partial charge in [0, 0.05) is 18.1 Å². The zero-order chi connectivity index (χ0) is 28.9. The lowest BCUT2D eigenvalue weighted by atomic mass is 10.1. The number of aldehydes is 1. The Labute approximate surface area is 233 Å². The van der Waals surface area contributed by atoms with E-state index in [0.29, 0.717) is 35.7 Å². The molecule has 0 fully saturated rings. The molecule has 0 aromatic heterocycles. The van der Waals surface area contributed by atoms with Crippen LogP contribution in [0, 0.1) is 13.8 Å². The summed E-state index contributed by atoms with van der Waals surface area (Å²) in [5.41, 5.74) is 3.45. The van der Waals surface area contributed by atoms with Crippen LogP contribution < -0.4 is 14.2 Å². The van der Waals surface area contributed by atoms with Gasteiger partial charge in [0.15, 0.2) is 0 Å². The van der Waals surface area contributed by atoms with Gasteiger partial charge in [-0.3, -0.25) is 4.79 Å². The zero-order valence-corrected chi connectivity index (χ0v) is 22.8. The van der Waals surface area contributed by atoms with Crippen molar-refractivity contribution >= 4 is 29.0 Å². The number of carbonyl (C=O) groups is 3. The molecule has 0 unspecified atom stereocenters. The molecule has 0 amide bonds. The second-order valence-corrected chi connectivity index (χ2v) is 8.85. The SMILES string of the molecule is C=CC(=O)OCCCOc1ccc(C(=O)Oc2ccc3cc(C=O)ccc3c2)cc1.COc1ccc(C)cc1C. The van der Waals surface area contributed by atoms with E-state index < -0.39 is 11.9 Å². The number of hydrogen-bond acceptors (Lipinski definition) is 7. The molecule has 0 aliphatic rings. The number of aryl methyl sites for hydroxylation is 2. The van der Waals surface area contributed by atoms with E-state index in [1.165, 1.54) is 11.1 Å².